The maximum Gasteiger partial charge on any atom is 0.257 e. The highest BCUT2D eigenvalue weighted by Crippen LogP contribution is 2.22. The molecule has 0 fully saturated rings. The number of hydrogen-bond acceptors (Lipinski definition) is 2. The number of aryl methyl sites for hydroxylation is 1. The van der Waals surface area contributed by atoms with Crippen LogP contribution in [0.1, 0.15) is 12.0 Å². The Morgan fingerprint density at radius 1 is 1.14 bits per heavy atom. The van der Waals surface area contributed by atoms with Crippen LogP contribution in [-0.4, -0.2) is 19.1 Å². The third-order valence-electron chi connectivity index (χ3n) is 3.07. The van der Waals surface area contributed by atoms with Crippen LogP contribution in [0.3, 0.4) is 0 Å². The summed E-state index contributed by atoms with van der Waals surface area (Å²) in [5, 5.41) is 3.25. The molecule has 1 N–H and O–H groups in total. The number of rotatable bonds is 7. The van der Waals surface area contributed by atoms with Crippen molar-refractivity contribution in [2.45, 2.75) is 12.8 Å². The van der Waals surface area contributed by atoms with Crippen molar-refractivity contribution in [1.82, 2.24) is 5.32 Å². The van der Waals surface area contributed by atoms with Crippen molar-refractivity contribution in [3.05, 3.63) is 64.9 Å². The normalized spacial score (nSPS) is 10.3. The van der Waals surface area contributed by atoms with Gasteiger partial charge >= 0.3 is 0 Å². The second-order valence-corrected chi connectivity index (χ2v) is 5.21. The van der Waals surface area contributed by atoms with Crippen molar-refractivity contribution in [3.63, 3.8) is 0 Å². The van der Waals surface area contributed by atoms with E-state index < -0.39 is 0 Å². The van der Waals surface area contributed by atoms with Gasteiger partial charge in [0.15, 0.2) is 6.61 Å². The summed E-state index contributed by atoms with van der Waals surface area (Å²) < 4.78 is 18.1. The second-order valence-electron chi connectivity index (χ2n) is 4.80. The molecule has 3 nitrogen and oxygen atoms in total. The van der Waals surface area contributed by atoms with E-state index in [0.29, 0.717) is 17.3 Å². The first kappa shape index (κ1) is 16.3. The fourth-order valence-electron chi connectivity index (χ4n) is 1.93. The molecule has 116 valence electrons. The van der Waals surface area contributed by atoms with Gasteiger partial charge < -0.3 is 10.1 Å². The summed E-state index contributed by atoms with van der Waals surface area (Å²) in [7, 11) is 0. The SMILES string of the molecule is O=C(COc1ccccc1Cl)NCCCc1ccc(F)cc1. The highest BCUT2D eigenvalue weighted by atomic mass is 35.5. The Morgan fingerprint density at radius 2 is 1.86 bits per heavy atom. The van der Waals surface area contributed by atoms with Crippen LogP contribution in [0.5, 0.6) is 5.75 Å². The lowest BCUT2D eigenvalue weighted by atomic mass is 10.1. The molecule has 1 amide bonds. The number of nitrogens with one attached hydrogen (secondary N) is 1. The molecule has 0 aliphatic carbocycles. The minimum Gasteiger partial charge on any atom is -0.482 e. The number of carbonyl (C=O) groups is 1. The Hall–Kier alpha value is -2.07. The van der Waals surface area contributed by atoms with Gasteiger partial charge in [0.05, 0.1) is 5.02 Å². The van der Waals surface area contributed by atoms with Crippen LogP contribution in [0.25, 0.3) is 0 Å². The molecule has 2 aromatic carbocycles. The van der Waals surface area contributed by atoms with Crippen molar-refractivity contribution in [1.29, 1.82) is 0 Å². The van der Waals surface area contributed by atoms with E-state index in [1.807, 2.05) is 0 Å². The van der Waals surface area contributed by atoms with Crippen LogP contribution in [0.2, 0.25) is 5.02 Å². The zero-order valence-corrected chi connectivity index (χ0v) is 12.8. The van der Waals surface area contributed by atoms with Crippen molar-refractivity contribution in [2.75, 3.05) is 13.2 Å². The van der Waals surface area contributed by atoms with Gasteiger partial charge in [-0.3, -0.25) is 4.79 Å². The Kier molecular flexibility index (Phi) is 6.22. The summed E-state index contributed by atoms with van der Waals surface area (Å²) in [6.45, 7) is 0.475. The molecule has 0 heterocycles. The number of ether oxygens (including phenoxy) is 1. The number of benzene rings is 2. The summed E-state index contributed by atoms with van der Waals surface area (Å²) in [5.74, 6) is 0.0541. The summed E-state index contributed by atoms with van der Waals surface area (Å²) in [4.78, 5) is 11.7. The number of carbonyl (C=O) groups excluding carboxylic acids is 1. The molecule has 0 bridgehead atoms. The first-order valence-electron chi connectivity index (χ1n) is 7.03. The fourth-order valence-corrected chi connectivity index (χ4v) is 2.12. The minimum absolute atomic E-state index is 0.0692. The maximum atomic E-state index is 12.8. The van der Waals surface area contributed by atoms with Gasteiger partial charge in [-0.25, -0.2) is 4.39 Å². The molecule has 0 saturated heterocycles. The van der Waals surface area contributed by atoms with E-state index in [-0.39, 0.29) is 18.3 Å². The molecule has 0 radical (unpaired) electrons. The van der Waals surface area contributed by atoms with E-state index >= 15 is 0 Å². The van der Waals surface area contributed by atoms with Gasteiger partial charge in [0.25, 0.3) is 5.91 Å². The lowest BCUT2D eigenvalue weighted by molar-refractivity contribution is -0.123. The van der Waals surface area contributed by atoms with Gasteiger partial charge in [-0.05, 0) is 42.7 Å². The van der Waals surface area contributed by atoms with Gasteiger partial charge in [0.1, 0.15) is 11.6 Å². The third-order valence-corrected chi connectivity index (χ3v) is 3.39. The van der Waals surface area contributed by atoms with Crippen LogP contribution >= 0.6 is 11.6 Å². The van der Waals surface area contributed by atoms with Crippen LogP contribution in [0.15, 0.2) is 48.5 Å². The zero-order valence-electron chi connectivity index (χ0n) is 12.0. The van der Waals surface area contributed by atoms with Gasteiger partial charge in [-0.2, -0.15) is 0 Å². The average molecular weight is 322 g/mol. The van der Waals surface area contributed by atoms with E-state index in [4.69, 9.17) is 16.3 Å². The predicted molar refractivity (Wildman–Crippen MR) is 84.7 cm³/mol. The van der Waals surface area contributed by atoms with E-state index in [0.717, 1.165) is 18.4 Å². The number of para-hydroxylation sites is 1. The molecule has 0 saturated carbocycles. The molecular formula is C17H17ClFNO2. The molecule has 0 unspecified atom stereocenters. The molecule has 0 aromatic heterocycles. The van der Waals surface area contributed by atoms with Gasteiger partial charge in [0, 0.05) is 6.54 Å². The fraction of sp³-hybridized carbons (Fsp3) is 0.235. The number of hydrogen-bond donors (Lipinski definition) is 1. The van der Waals surface area contributed by atoms with E-state index in [2.05, 4.69) is 5.32 Å². The summed E-state index contributed by atoms with van der Waals surface area (Å²) in [5.41, 5.74) is 1.04. The van der Waals surface area contributed by atoms with Gasteiger partial charge in [0.2, 0.25) is 0 Å². The molecule has 0 aliphatic heterocycles. The van der Waals surface area contributed by atoms with Crippen molar-refractivity contribution >= 4 is 17.5 Å². The van der Waals surface area contributed by atoms with Crippen LogP contribution < -0.4 is 10.1 Å². The van der Waals surface area contributed by atoms with Crippen molar-refractivity contribution in [2.24, 2.45) is 0 Å². The quantitative estimate of drug-likeness (QED) is 0.791. The molecule has 0 aliphatic rings. The smallest absolute Gasteiger partial charge is 0.257 e. The molecular weight excluding hydrogens is 305 g/mol. The summed E-state index contributed by atoms with van der Waals surface area (Å²) in [6, 6.07) is 13.4. The minimum atomic E-state index is -0.242. The van der Waals surface area contributed by atoms with Crippen LogP contribution in [0.4, 0.5) is 4.39 Å². The van der Waals surface area contributed by atoms with Crippen molar-refractivity contribution in [3.8, 4) is 5.75 Å². The molecule has 5 heteroatoms. The predicted octanol–water partition coefficient (Wildman–Crippen LogP) is 3.61. The monoisotopic (exact) mass is 321 g/mol. The Labute approximate surface area is 134 Å². The number of halogens is 2. The molecule has 2 rings (SSSR count). The summed E-state index contributed by atoms with van der Waals surface area (Å²) >= 11 is 5.93. The van der Waals surface area contributed by atoms with Gasteiger partial charge in [-0.15, -0.1) is 0 Å². The zero-order chi connectivity index (χ0) is 15.8. The number of amides is 1. The highest BCUT2D eigenvalue weighted by molar-refractivity contribution is 6.32. The lowest BCUT2D eigenvalue weighted by Crippen LogP contribution is -2.29. The lowest BCUT2D eigenvalue weighted by Gasteiger charge is -2.08. The van der Waals surface area contributed by atoms with Crippen molar-refractivity contribution < 1.29 is 13.9 Å². The first-order chi connectivity index (χ1) is 10.6. The topological polar surface area (TPSA) is 38.3 Å². The maximum absolute atomic E-state index is 12.8. The van der Waals surface area contributed by atoms with E-state index in [1.165, 1.54) is 12.1 Å². The first-order valence-corrected chi connectivity index (χ1v) is 7.41. The third kappa shape index (κ3) is 5.37. The van der Waals surface area contributed by atoms with Crippen LogP contribution in [-0.2, 0) is 11.2 Å². The summed E-state index contributed by atoms with van der Waals surface area (Å²) in [6.07, 6.45) is 1.56. The molecule has 0 spiro atoms. The average Bonchev–Trinajstić information content (AvgIpc) is 2.52. The Morgan fingerprint density at radius 3 is 2.59 bits per heavy atom. The van der Waals surface area contributed by atoms with Crippen LogP contribution in [0, 0.1) is 5.82 Å². The van der Waals surface area contributed by atoms with E-state index in [9.17, 15) is 9.18 Å². The largest absolute Gasteiger partial charge is 0.482 e. The van der Waals surface area contributed by atoms with Gasteiger partial charge in [-0.1, -0.05) is 35.9 Å². The molecule has 22 heavy (non-hydrogen) atoms. The molecule has 2 aromatic rings. The molecule has 0 atom stereocenters. The highest BCUT2D eigenvalue weighted by Gasteiger charge is 2.04. The standard InChI is InChI=1S/C17H17ClFNO2/c18-15-5-1-2-6-16(15)22-12-17(21)20-11-3-4-13-7-9-14(19)10-8-13/h1-2,5-10H,3-4,11-12H2,(H,20,21). The Balaban J connectivity index is 1.64. The van der Waals surface area contributed by atoms with E-state index in [1.54, 1.807) is 36.4 Å². The Bertz CT molecular complexity index is 616. The second kappa shape index (κ2) is 8.39.